The maximum atomic E-state index is 12.0. The molecule has 0 bridgehead atoms. The number of hydrogen-bond donors (Lipinski definition) is 2. The van der Waals surface area contributed by atoms with Crippen LogP contribution in [0.25, 0.3) is 0 Å². The van der Waals surface area contributed by atoms with E-state index in [1.807, 2.05) is 6.07 Å². The van der Waals surface area contributed by atoms with Crippen molar-refractivity contribution in [1.82, 2.24) is 0 Å². The first kappa shape index (κ1) is 17.6. The van der Waals surface area contributed by atoms with E-state index in [0.29, 0.717) is 18.7 Å². The van der Waals surface area contributed by atoms with Crippen LogP contribution in [0.15, 0.2) is 41.8 Å². The monoisotopic (exact) mass is 358 g/mol. The summed E-state index contributed by atoms with van der Waals surface area (Å²) in [5.41, 5.74) is 1.44. The number of amides is 2. The summed E-state index contributed by atoms with van der Waals surface area (Å²) >= 11 is 1.72. The molecule has 1 atom stereocenters. The molecule has 5 nitrogen and oxygen atoms in total. The maximum absolute atomic E-state index is 12.0. The summed E-state index contributed by atoms with van der Waals surface area (Å²) in [6.07, 6.45) is 3.61. The number of carbonyl (C=O) groups is 2. The quantitative estimate of drug-likeness (QED) is 0.790. The van der Waals surface area contributed by atoms with Crippen LogP contribution in [0, 0.1) is 0 Å². The van der Waals surface area contributed by atoms with Crippen molar-refractivity contribution in [2.24, 2.45) is 0 Å². The summed E-state index contributed by atoms with van der Waals surface area (Å²) < 4.78 is 5.36. The Morgan fingerprint density at radius 2 is 1.88 bits per heavy atom. The Bertz CT molecular complexity index is 692. The fourth-order valence-electron chi connectivity index (χ4n) is 2.75. The van der Waals surface area contributed by atoms with Crippen molar-refractivity contribution in [1.29, 1.82) is 0 Å². The van der Waals surface area contributed by atoms with Crippen LogP contribution < -0.4 is 10.6 Å². The van der Waals surface area contributed by atoms with Crippen LogP contribution in [-0.2, 0) is 20.7 Å². The van der Waals surface area contributed by atoms with Gasteiger partial charge >= 0.3 is 0 Å². The van der Waals surface area contributed by atoms with Gasteiger partial charge in [-0.3, -0.25) is 9.59 Å². The van der Waals surface area contributed by atoms with Gasteiger partial charge in [-0.25, -0.2) is 0 Å². The van der Waals surface area contributed by atoms with E-state index < -0.39 is 0 Å². The van der Waals surface area contributed by atoms with E-state index in [1.54, 1.807) is 35.6 Å². The molecule has 1 aromatic heterocycles. The number of hydrogen-bond acceptors (Lipinski definition) is 4. The number of rotatable bonds is 7. The number of carbonyl (C=O) groups excluding carboxylic acids is 2. The molecule has 2 heterocycles. The van der Waals surface area contributed by atoms with Crippen molar-refractivity contribution in [2.45, 2.75) is 38.2 Å². The minimum absolute atomic E-state index is 0.00713. The van der Waals surface area contributed by atoms with Gasteiger partial charge in [0.05, 0.1) is 0 Å². The van der Waals surface area contributed by atoms with Crippen LogP contribution in [0.4, 0.5) is 11.4 Å². The lowest BCUT2D eigenvalue weighted by Gasteiger charge is -2.11. The molecule has 2 amide bonds. The Balaban J connectivity index is 1.42. The Labute approximate surface area is 151 Å². The average Bonchev–Trinajstić information content (AvgIpc) is 3.30. The van der Waals surface area contributed by atoms with Crippen molar-refractivity contribution in [3.8, 4) is 0 Å². The Kier molecular flexibility index (Phi) is 6.19. The normalized spacial score (nSPS) is 16.6. The van der Waals surface area contributed by atoms with Gasteiger partial charge in [0.2, 0.25) is 5.91 Å². The zero-order chi connectivity index (χ0) is 17.5. The highest BCUT2D eigenvalue weighted by Gasteiger charge is 2.23. The summed E-state index contributed by atoms with van der Waals surface area (Å²) in [4.78, 5) is 25.3. The largest absolute Gasteiger partial charge is 0.368 e. The first-order valence-corrected chi connectivity index (χ1v) is 9.43. The lowest BCUT2D eigenvalue weighted by atomic mass is 10.2. The highest BCUT2D eigenvalue weighted by Crippen LogP contribution is 2.18. The van der Waals surface area contributed by atoms with E-state index in [2.05, 4.69) is 22.1 Å². The predicted octanol–water partition coefficient (Wildman–Crippen LogP) is 3.83. The molecule has 25 heavy (non-hydrogen) atoms. The molecule has 1 aliphatic rings. The van der Waals surface area contributed by atoms with Crippen molar-refractivity contribution in [3.63, 3.8) is 0 Å². The second-order valence-electron chi connectivity index (χ2n) is 6.05. The lowest BCUT2D eigenvalue weighted by molar-refractivity contribution is -0.124. The van der Waals surface area contributed by atoms with Crippen LogP contribution in [-0.4, -0.2) is 24.5 Å². The minimum atomic E-state index is -0.345. The van der Waals surface area contributed by atoms with Crippen LogP contribution in [0.5, 0.6) is 0 Å². The molecule has 1 fully saturated rings. The molecular weight excluding hydrogens is 336 g/mol. The number of benzene rings is 1. The van der Waals surface area contributed by atoms with Crippen LogP contribution in [0.2, 0.25) is 0 Å². The van der Waals surface area contributed by atoms with Crippen molar-refractivity contribution in [2.75, 3.05) is 17.2 Å². The average molecular weight is 358 g/mol. The van der Waals surface area contributed by atoms with Crippen molar-refractivity contribution >= 4 is 34.5 Å². The van der Waals surface area contributed by atoms with E-state index in [1.165, 1.54) is 4.88 Å². The molecule has 0 radical (unpaired) electrons. The molecule has 1 unspecified atom stereocenters. The van der Waals surface area contributed by atoms with Gasteiger partial charge in [0.15, 0.2) is 0 Å². The molecule has 6 heteroatoms. The predicted molar refractivity (Wildman–Crippen MR) is 99.9 cm³/mol. The summed E-state index contributed by atoms with van der Waals surface area (Å²) in [6, 6.07) is 11.3. The zero-order valence-corrected chi connectivity index (χ0v) is 14.8. The van der Waals surface area contributed by atoms with Gasteiger partial charge in [0, 0.05) is 29.3 Å². The van der Waals surface area contributed by atoms with Gasteiger partial charge in [-0.2, -0.15) is 0 Å². The first-order chi connectivity index (χ1) is 12.2. The molecule has 0 spiro atoms. The molecule has 0 saturated carbocycles. The minimum Gasteiger partial charge on any atom is -0.368 e. The third-order valence-corrected chi connectivity index (χ3v) is 5.00. The first-order valence-electron chi connectivity index (χ1n) is 8.55. The molecule has 0 aliphatic carbocycles. The Hall–Kier alpha value is -2.18. The number of anilines is 2. The van der Waals surface area contributed by atoms with Crippen LogP contribution in [0.3, 0.4) is 0 Å². The van der Waals surface area contributed by atoms with Crippen LogP contribution >= 0.6 is 11.3 Å². The smallest absolute Gasteiger partial charge is 0.253 e. The molecule has 132 valence electrons. The van der Waals surface area contributed by atoms with Crippen molar-refractivity contribution < 1.29 is 14.3 Å². The number of ether oxygens (including phenoxy) is 1. The van der Waals surface area contributed by atoms with Gasteiger partial charge in [0.1, 0.15) is 6.10 Å². The van der Waals surface area contributed by atoms with Crippen LogP contribution in [0.1, 0.15) is 30.6 Å². The van der Waals surface area contributed by atoms with Gasteiger partial charge in [-0.05, 0) is 61.4 Å². The summed E-state index contributed by atoms with van der Waals surface area (Å²) in [5.74, 6) is -0.101. The fraction of sp³-hybridized carbons (Fsp3) is 0.368. The van der Waals surface area contributed by atoms with Crippen molar-refractivity contribution in [3.05, 3.63) is 46.7 Å². The van der Waals surface area contributed by atoms with E-state index in [-0.39, 0.29) is 17.9 Å². The molecule has 1 aromatic carbocycles. The standard InChI is InChI=1S/C19H22N2O3S/c22-18(7-1-4-16-5-3-13-25-16)20-14-8-10-15(11-9-14)21-19(23)17-6-2-12-24-17/h3,5,8-11,13,17H,1-2,4,6-7,12H2,(H,20,22)(H,21,23). The SMILES string of the molecule is O=C(CCCc1cccs1)Nc1ccc(NC(=O)C2CCCO2)cc1. The lowest BCUT2D eigenvalue weighted by Crippen LogP contribution is -2.26. The summed E-state index contributed by atoms with van der Waals surface area (Å²) in [5, 5.41) is 7.77. The summed E-state index contributed by atoms with van der Waals surface area (Å²) in [6.45, 7) is 0.648. The molecule has 1 saturated heterocycles. The zero-order valence-electron chi connectivity index (χ0n) is 14.0. The van der Waals surface area contributed by atoms with E-state index >= 15 is 0 Å². The number of nitrogens with one attached hydrogen (secondary N) is 2. The summed E-state index contributed by atoms with van der Waals surface area (Å²) in [7, 11) is 0. The van der Waals surface area contributed by atoms with E-state index in [4.69, 9.17) is 4.74 Å². The second kappa shape index (κ2) is 8.78. The molecule has 2 N–H and O–H groups in total. The second-order valence-corrected chi connectivity index (χ2v) is 7.08. The molecule has 2 aromatic rings. The molecular formula is C19H22N2O3S. The van der Waals surface area contributed by atoms with E-state index in [9.17, 15) is 9.59 Å². The molecule has 1 aliphatic heterocycles. The Morgan fingerprint density at radius 3 is 2.52 bits per heavy atom. The van der Waals surface area contributed by atoms with Gasteiger partial charge in [0.25, 0.3) is 5.91 Å². The van der Waals surface area contributed by atoms with Gasteiger partial charge < -0.3 is 15.4 Å². The topological polar surface area (TPSA) is 67.4 Å². The fourth-order valence-corrected chi connectivity index (χ4v) is 3.50. The van der Waals surface area contributed by atoms with E-state index in [0.717, 1.165) is 31.4 Å². The third kappa shape index (κ3) is 5.41. The van der Waals surface area contributed by atoms with Gasteiger partial charge in [-0.15, -0.1) is 11.3 Å². The van der Waals surface area contributed by atoms with Gasteiger partial charge in [-0.1, -0.05) is 6.07 Å². The highest BCUT2D eigenvalue weighted by atomic mass is 32.1. The number of thiophene rings is 1. The third-order valence-electron chi connectivity index (χ3n) is 4.07. The maximum Gasteiger partial charge on any atom is 0.253 e. The molecule has 3 rings (SSSR count). The highest BCUT2D eigenvalue weighted by molar-refractivity contribution is 7.09. The Morgan fingerprint density at radius 1 is 1.12 bits per heavy atom. The number of aryl methyl sites for hydroxylation is 1.